The number of hydrogen-bond acceptors (Lipinski definition) is 5. The highest BCUT2D eigenvalue weighted by Gasteiger charge is 2.17. The van der Waals surface area contributed by atoms with E-state index in [2.05, 4.69) is 25.9 Å². The summed E-state index contributed by atoms with van der Waals surface area (Å²) in [7, 11) is 0. The van der Waals surface area contributed by atoms with Crippen LogP contribution in [0.3, 0.4) is 0 Å². The van der Waals surface area contributed by atoms with Crippen molar-refractivity contribution in [3.8, 4) is 5.75 Å². The van der Waals surface area contributed by atoms with E-state index in [1.165, 1.54) is 5.56 Å². The highest BCUT2D eigenvalue weighted by atomic mass is 16.5. The molecule has 0 bridgehead atoms. The topological polar surface area (TPSA) is 107 Å². The Kier molecular flexibility index (Phi) is 5.70. The molecule has 1 amide bonds. The number of nitrogens with two attached hydrogens (primary N) is 1. The van der Waals surface area contributed by atoms with Gasteiger partial charge in [-0.25, -0.2) is 4.68 Å². The van der Waals surface area contributed by atoms with Crippen LogP contribution in [0.15, 0.2) is 53.3 Å². The van der Waals surface area contributed by atoms with Crippen molar-refractivity contribution in [2.45, 2.75) is 38.8 Å². The van der Waals surface area contributed by atoms with Gasteiger partial charge in [-0.2, -0.15) is 5.10 Å². The normalized spacial score (nSPS) is 12.7. The first-order chi connectivity index (χ1) is 13.7. The van der Waals surface area contributed by atoms with Gasteiger partial charge in [0.15, 0.2) is 5.69 Å². The molecule has 0 aliphatic rings. The molecule has 7 nitrogen and oxygen atoms in total. The van der Waals surface area contributed by atoms with Crippen molar-refractivity contribution in [3.05, 3.63) is 70.1 Å². The molecule has 1 atom stereocenters. The molecule has 3 N–H and O–H groups in total. The monoisotopic (exact) mass is 395 g/mol. The number of primary amides is 1. The zero-order valence-electron chi connectivity index (χ0n) is 16.8. The lowest BCUT2D eigenvalue weighted by Gasteiger charge is -2.19. The predicted octanol–water partition coefficient (Wildman–Crippen LogP) is 2.23. The van der Waals surface area contributed by atoms with E-state index in [1.807, 2.05) is 24.3 Å². The molecule has 2 aromatic carbocycles. The van der Waals surface area contributed by atoms with E-state index in [9.17, 15) is 14.7 Å². The van der Waals surface area contributed by atoms with Gasteiger partial charge in [0, 0.05) is 5.39 Å². The fourth-order valence-electron chi connectivity index (χ4n) is 3.04. The second-order valence-electron chi connectivity index (χ2n) is 7.98. The Morgan fingerprint density at radius 3 is 2.34 bits per heavy atom. The van der Waals surface area contributed by atoms with E-state index in [4.69, 9.17) is 10.5 Å². The molecule has 0 fully saturated rings. The number of amides is 1. The van der Waals surface area contributed by atoms with E-state index in [0.29, 0.717) is 16.5 Å². The summed E-state index contributed by atoms with van der Waals surface area (Å²) in [5, 5.41) is 15.1. The van der Waals surface area contributed by atoms with Crippen molar-refractivity contribution in [2.24, 2.45) is 5.73 Å². The lowest BCUT2D eigenvalue weighted by atomic mass is 9.87. The lowest BCUT2D eigenvalue weighted by molar-refractivity contribution is 0.0871. The standard InChI is InChI=1S/C22H25N3O4/c1-22(2,3)14-8-10-16(11-9-14)29-13-15(26)12-25-21(28)18-7-5-4-6-17(18)19(24-25)20(23)27/h4-11,15,26H,12-13H2,1-3H3,(H2,23,27)/t15-/m0/s1. The number of benzene rings is 2. The molecule has 3 aromatic rings. The molecule has 0 aliphatic heterocycles. The summed E-state index contributed by atoms with van der Waals surface area (Å²) in [6.07, 6.45) is -0.996. The summed E-state index contributed by atoms with van der Waals surface area (Å²) >= 11 is 0. The number of hydrogen-bond donors (Lipinski definition) is 2. The number of aliphatic hydroxyl groups is 1. The largest absolute Gasteiger partial charge is 0.491 e. The maximum atomic E-state index is 12.6. The molecule has 0 saturated heterocycles. The van der Waals surface area contributed by atoms with Crippen LogP contribution in [0.5, 0.6) is 5.75 Å². The average molecular weight is 395 g/mol. The summed E-state index contributed by atoms with van der Waals surface area (Å²) in [4.78, 5) is 24.4. The van der Waals surface area contributed by atoms with Crippen molar-refractivity contribution in [3.63, 3.8) is 0 Å². The maximum Gasteiger partial charge on any atom is 0.274 e. The highest BCUT2D eigenvalue weighted by Crippen LogP contribution is 2.24. The number of nitrogens with zero attached hydrogens (tertiary/aromatic N) is 2. The van der Waals surface area contributed by atoms with Gasteiger partial charge in [0.1, 0.15) is 18.5 Å². The van der Waals surface area contributed by atoms with Crippen LogP contribution in [0.25, 0.3) is 10.8 Å². The molecule has 29 heavy (non-hydrogen) atoms. The molecular weight excluding hydrogens is 370 g/mol. The number of aromatic nitrogens is 2. The van der Waals surface area contributed by atoms with Crippen molar-refractivity contribution < 1.29 is 14.6 Å². The molecule has 0 radical (unpaired) electrons. The summed E-state index contributed by atoms with van der Waals surface area (Å²) in [6, 6.07) is 14.3. The van der Waals surface area contributed by atoms with E-state index in [1.54, 1.807) is 24.3 Å². The minimum atomic E-state index is -0.996. The number of carbonyl (C=O) groups excluding carboxylic acids is 1. The molecule has 1 aromatic heterocycles. The van der Waals surface area contributed by atoms with Gasteiger partial charge in [-0.05, 0) is 29.2 Å². The molecule has 0 unspecified atom stereocenters. The average Bonchev–Trinajstić information content (AvgIpc) is 2.68. The first kappa shape index (κ1) is 20.5. The van der Waals surface area contributed by atoms with Crippen LogP contribution in [-0.2, 0) is 12.0 Å². The van der Waals surface area contributed by atoms with Crippen LogP contribution >= 0.6 is 0 Å². The summed E-state index contributed by atoms with van der Waals surface area (Å²) in [5.41, 5.74) is 6.21. The molecule has 152 valence electrons. The Morgan fingerprint density at radius 1 is 1.14 bits per heavy atom. The number of aliphatic hydroxyl groups excluding tert-OH is 1. The number of rotatable bonds is 6. The van der Waals surface area contributed by atoms with Gasteiger partial charge in [0.05, 0.1) is 11.9 Å². The Bertz CT molecular complexity index is 1080. The summed E-state index contributed by atoms with van der Waals surface area (Å²) < 4.78 is 6.68. The van der Waals surface area contributed by atoms with Crippen molar-refractivity contribution in [1.82, 2.24) is 9.78 Å². The van der Waals surface area contributed by atoms with Gasteiger partial charge < -0.3 is 15.6 Å². The maximum absolute atomic E-state index is 12.6. The van der Waals surface area contributed by atoms with Gasteiger partial charge in [0.25, 0.3) is 11.5 Å². The van der Waals surface area contributed by atoms with Gasteiger partial charge in [-0.3, -0.25) is 9.59 Å². The third-order valence-corrected chi connectivity index (χ3v) is 4.65. The van der Waals surface area contributed by atoms with Crippen LogP contribution in [0.2, 0.25) is 0 Å². The van der Waals surface area contributed by atoms with E-state index in [-0.39, 0.29) is 24.3 Å². The van der Waals surface area contributed by atoms with E-state index < -0.39 is 17.6 Å². The third kappa shape index (κ3) is 4.63. The van der Waals surface area contributed by atoms with Crippen LogP contribution in [0.1, 0.15) is 36.8 Å². The molecule has 0 spiro atoms. The van der Waals surface area contributed by atoms with E-state index >= 15 is 0 Å². The first-order valence-electron chi connectivity index (χ1n) is 9.38. The number of fused-ring (bicyclic) bond motifs is 1. The Labute approximate surface area is 168 Å². The lowest BCUT2D eigenvalue weighted by Crippen LogP contribution is -2.34. The zero-order chi connectivity index (χ0) is 21.2. The third-order valence-electron chi connectivity index (χ3n) is 4.65. The van der Waals surface area contributed by atoms with Crippen LogP contribution in [0, 0.1) is 0 Å². The fourth-order valence-corrected chi connectivity index (χ4v) is 3.04. The van der Waals surface area contributed by atoms with Crippen molar-refractivity contribution in [2.75, 3.05) is 6.61 Å². The molecule has 3 rings (SSSR count). The minimum absolute atomic E-state index is 0.00825. The molecule has 7 heteroatoms. The molecule has 0 aliphatic carbocycles. The Morgan fingerprint density at radius 2 is 1.76 bits per heavy atom. The van der Waals surface area contributed by atoms with Crippen molar-refractivity contribution >= 4 is 16.7 Å². The quantitative estimate of drug-likeness (QED) is 0.665. The molecule has 1 heterocycles. The predicted molar refractivity (Wildman–Crippen MR) is 111 cm³/mol. The second kappa shape index (κ2) is 8.05. The van der Waals surface area contributed by atoms with Gasteiger partial charge >= 0.3 is 0 Å². The summed E-state index contributed by atoms with van der Waals surface area (Å²) in [6.45, 7) is 6.23. The smallest absolute Gasteiger partial charge is 0.274 e. The van der Waals surface area contributed by atoms with Crippen LogP contribution in [0.4, 0.5) is 0 Å². The number of carbonyl (C=O) groups is 1. The highest BCUT2D eigenvalue weighted by molar-refractivity contribution is 6.03. The van der Waals surface area contributed by atoms with Crippen molar-refractivity contribution in [1.29, 1.82) is 0 Å². The SMILES string of the molecule is CC(C)(C)c1ccc(OC[C@@H](O)Cn2nc(C(N)=O)c3ccccc3c2=O)cc1. The second-order valence-corrected chi connectivity index (χ2v) is 7.98. The van der Waals surface area contributed by atoms with Gasteiger partial charge in [-0.1, -0.05) is 51.1 Å². The van der Waals surface area contributed by atoms with Crippen LogP contribution in [-0.4, -0.2) is 33.5 Å². The Balaban J connectivity index is 1.75. The summed E-state index contributed by atoms with van der Waals surface area (Å²) in [5.74, 6) is -0.117. The molecule has 0 saturated carbocycles. The van der Waals surface area contributed by atoms with E-state index in [0.717, 1.165) is 4.68 Å². The minimum Gasteiger partial charge on any atom is -0.491 e. The zero-order valence-corrected chi connectivity index (χ0v) is 16.8. The number of ether oxygens (including phenoxy) is 1. The van der Waals surface area contributed by atoms with Gasteiger partial charge in [0.2, 0.25) is 0 Å². The van der Waals surface area contributed by atoms with Gasteiger partial charge in [-0.15, -0.1) is 0 Å². The fraction of sp³-hybridized carbons (Fsp3) is 0.318. The Hall–Kier alpha value is -3.19. The van der Waals surface area contributed by atoms with Crippen LogP contribution < -0.4 is 16.0 Å². The first-order valence-corrected chi connectivity index (χ1v) is 9.38. The molecular formula is C22H25N3O4.